The van der Waals surface area contributed by atoms with E-state index in [1.165, 1.54) is 0 Å². The topological polar surface area (TPSA) is 117 Å². The van der Waals surface area contributed by atoms with Gasteiger partial charge in [-0.25, -0.2) is 14.9 Å². The fourth-order valence-electron chi connectivity index (χ4n) is 2.04. The monoisotopic (exact) mass is 359 g/mol. The van der Waals surface area contributed by atoms with Crippen LogP contribution in [-0.4, -0.2) is 31.8 Å². The van der Waals surface area contributed by atoms with Crippen LogP contribution < -0.4 is 11.0 Å². The highest BCUT2D eigenvalue weighted by molar-refractivity contribution is 7.99. The average Bonchev–Trinajstić information content (AvgIpc) is 3.23. The molecule has 0 fully saturated rings. The van der Waals surface area contributed by atoms with E-state index >= 15 is 0 Å². The van der Waals surface area contributed by atoms with E-state index in [0.29, 0.717) is 16.7 Å². The van der Waals surface area contributed by atoms with Crippen LogP contribution in [0.1, 0.15) is 25.5 Å². The molecule has 0 unspecified atom stereocenters. The van der Waals surface area contributed by atoms with Crippen molar-refractivity contribution in [2.75, 3.05) is 11.1 Å². The van der Waals surface area contributed by atoms with Gasteiger partial charge in [-0.3, -0.25) is 9.78 Å². The first-order valence-corrected chi connectivity index (χ1v) is 8.63. The van der Waals surface area contributed by atoms with Crippen molar-refractivity contribution >= 4 is 23.4 Å². The van der Waals surface area contributed by atoms with Gasteiger partial charge in [0.15, 0.2) is 5.16 Å². The number of H-pyrrole nitrogens is 2. The van der Waals surface area contributed by atoms with E-state index in [-0.39, 0.29) is 17.6 Å². The number of aromatic nitrogens is 4. The van der Waals surface area contributed by atoms with Crippen molar-refractivity contribution in [2.24, 2.45) is 0 Å². The number of hydrogen-bond acceptors (Lipinski definition) is 6. The van der Waals surface area contributed by atoms with E-state index in [1.807, 2.05) is 26.0 Å². The molecule has 0 spiro atoms. The molecule has 0 saturated heterocycles. The van der Waals surface area contributed by atoms with Crippen LogP contribution in [0.15, 0.2) is 44.8 Å². The maximum Gasteiger partial charge on any atom is 0.341 e. The van der Waals surface area contributed by atoms with Gasteiger partial charge in [0.25, 0.3) is 0 Å². The Kier molecular flexibility index (Phi) is 5.03. The Labute approximate surface area is 147 Å². The first kappa shape index (κ1) is 17.0. The lowest BCUT2D eigenvalue weighted by atomic mass is 10.2. The van der Waals surface area contributed by atoms with Crippen LogP contribution in [0.5, 0.6) is 0 Å². The van der Waals surface area contributed by atoms with E-state index in [4.69, 9.17) is 4.42 Å². The quantitative estimate of drug-likeness (QED) is 0.583. The Bertz CT molecular complexity index is 910. The molecule has 2 aromatic heterocycles. The van der Waals surface area contributed by atoms with Gasteiger partial charge in [0.1, 0.15) is 5.76 Å². The highest BCUT2D eigenvalue weighted by atomic mass is 32.2. The van der Waals surface area contributed by atoms with Gasteiger partial charge in [-0.2, -0.15) is 0 Å². The standard InChI is InChI=1S/C16H17N5O3S/c1-9(2)12-7-17-14(24-12)10-3-5-11(6-4-10)18-13(22)8-25-16-19-15(23)20-21-16/h3-7,9H,8H2,1-2H3,(H,18,22)(H2,19,20,21,23). The highest BCUT2D eigenvalue weighted by Crippen LogP contribution is 2.24. The summed E-state index contributed by atoms with van der Waals surface area (Å²) in [5.41, 5.74) is 1.11. The molecule has 0 aliphatic rings. The van der Waals surface area contributed by atoms with Crippen LogP contribution in [-0.2, 0) is 4.79 Å². The Morgan fingerprint density at radius 1 is 1.32 bits per heavy atom. The zero-order valence-electron chi connectivity index (χ0n) is 13.7. The summed E-state index contributed by atoms with van der Waals surface area (Å²) in [7, 11) is 0. The maximum atomic E-state index is 11.9. The van der Waals surface area contributed by atoms with Crippen molar-refractivity contribution in [3.63, 3.8) is 0 Å². The minimum atomic E-state index is -0.398. The smallest absolute Gasteiger partial charge is 0.341 e. The predicted octanol–water partition coefficient (Wildman–Crippen LogP) is 2.61. The summed E-state index contributed by atoms with van der Waals surface area (Å²) in [5, 5.41) is 9.13. The van der Waals surface area contributed by atoms with Crippen LogP contribution in [0.25, 0.3) is 11.5 Å². The van der Waals surface area contributed by atoms with Gasteiger partial charge in [-0.1, -0.05) is 25.6 Å². The van der Waals surface area contributed by atoms with E-state index in [9.17, 15) is 9.59 Å². The number of amides is 1. The van der Waals surface area contributed by atoms with Crippen LogP contribution in [0.4, 0.5) is 5.69 Å². The molecule has 9 heteroatoms. The third-order valence-electron chi connectivity index (χ3n) is 3.33. The van der Waals surface area contributed by atoms with Crippen molar-refractivity contribution in [1.29, 1.82) is 0 Å². The van der Waals surface area contributed by atoms with Crippen LogP contribution >= 0.6 is 11.8 Å². The molecule has 2 heterocycles. The number of carbonyl (C=O) groups is 1. The summed E-state index contributed by atoms with van der Waals surface area (Å²) in [6, 6.07) is 7.24. The predicted molar refractivity (Wildman–Crippen MR) is 94.6 cm³/mol. The number of aromatic amines is 2. The number of oxazole rings is 1. The zero-order valence-corrected chi connectivity index (χ0v) is 14.5. The molecule has 3 rings (SSSR count). The van der Waals surface area contributed by atoms with Gasteiger partial charge in [0, 0.05) is 17.2 Å². The van der Waals surface area contributed by atoms with Crippen LogP contribution in [0.3, 0.4) is 0 Å². The lowest BCUT2D eigenvalue weighted by Gasteiger charge is -2.05. The molecule has 0 radical (unpaired) electrons. The highest BCUT2D eigenvalue weighted by Gasteiger charge is 2.10. The fraction of sp³-hybridized carbons (Fsp3) is 0.250. The first-order valence-electron chi connectivity index (χ1n) is 7.65. The van der Waals surface area contributed by atoms with Gasteiger partial charge >= 0.3 is 5.69 Å². The molecule has 0 atom stereocenters. The number of hydrogen-bond donors (Lipinski definition) is 3. The van der Waals surface area contributed by atoms with E-state index < -0.39 is 5.69 Å². The molecule has 0 aliphatic carbocycles. The molecule has 25 heavy (non-hydrogen) atoms. The van der Waals surface area contributed by atoms with E-state index in [1.54, 1.807) is 18.3 Å². The van der Waals surface area contributed by atoms with Crippen molar-refractivity contribution in [2.45, 2.75) is 24.9 Å². The lowest BCUT2D eigenvalue weighted by molar-refractivity contribution is -0.113. The summed E-state index contributed by atoms with van der Waals surface area (Å²) >= 11 is 1.14. The second-order valence-electron chi connectivity index (χ2n) is 5.62. The SMILES string of the molecule is CC(C)c1cnc(-c2ccc(NC(=O)CSc3n[nH]c(=O)[nH]3)cc2)o1. The summed E-state index contributed by atoms with van der Waals surface area (Å²) in [4.78, 5) is 29.6. The number of nitrogens with one attached hydrogen (secondary N) is 3. The lowest BCUT2D eigenvalue weighted by Crippen LogP contribution is -2.14. The fourth-order valence-corrected chi connectivity index (χ4v) is 2.65. The summed E-state index contributed by atoms with van der Waals surface area (Å²) in [6.45, 7) is 4.08. The molecule has 0 bridgehead atoms. The molecule has 130 valence electrons. The summed E-state index contributed by atoms with van der Waals surface area (Å²) in [6.07, 6.45) is 1.73. The second-order valence-corrected chi connectivity index (χ2v) is 6.58. The van der Waals surface area contributed by atoms with Gasteiger partial charge in [0.2, 0.25) is 11.8 Å². The molecule has 1 amide bonds. The average molecular weight is 359 g/mol. The Morgan fingerprint density at radius 3 is 2.68 bits per heavy atom. The molecule has 0 aliphatic heterocycles. The molecular weight excluding hydrogens is 342 g/mol. The van der Waals surface area contributed by atoms with Crippen molar-refractivity contribution < 1.29 is 9.21 Å². The third kappa shape index (κ3) is 4.38. The Balaban J connectivity index is 1.58. The number of rotatable bonds is 6. The van der Waals surface area contributed by atoms with Gasteiger partial charge in [-0.15, -0.1) is 5.10 Å². The molecule has 8 nitrogen and oxygen atoms in total. The Hall–Kier alpha value is -2.81. The minimum absolute atomic E-state index is 0.139. The third-order valence-corrected chi connectivity index (χ3v) is 4.20. The zero-order chi connectivity index (χ0) is 17.8. The van der Waals surface area contributed by atoms with Gasteiger partial charge in [0.05, 0.1) is 11.9 Å². The second kappa shape index (κ2) is 7.39. The number of thioether (sulfide) groups is 1. The molecule has 1 aromatic carbocycles. The maximum absolute atomic E-state index is 11.9. The molecular formula is C16H17N5O3S. The summed E-state index contributed by atoms with van der Waals surface area (Å²) < 4.78 is 5.70. The molecule has 3 N–H and O–H groups in total. The van der Waals surface area contributed by atoms with E-state index in [0.717, 1.165) is 23.1 Å². The Morgan fingerprint density at radius 2 is 2.08 bits per heavy atom. The van der Waals surface area contributed by atoms with Gasteiger partial charge in [-0.05, 0) is 24.3 Å². The van der Waals surface area contributed by atoms with Crippen molar-refractivity contribution in [1.82, 2.24) is 20.2 Å². The molecule has 0 saturated carbocycles. The number of benzene rings is 1. The number of nitrogens with zero attached hydrogens (tertiary/aromatic N) is 2. The molecule has 3 aromatic rings. The normalized spacial score (nSPS) is 11.0. The number of anilines is 1. The van der Waals surface area contributed by atoms with Crippen molar-refractivity contribution in [3.05, 3.63) is 46.7 Å². The largest absolute Gasteiger partial charge is 0.441 e. The first-order chi connectivity index (χ1) is 12.0. The van der Waals surface area contributed by atoms with Crippen LogP contribution in [0.2, 0.25) is 0 Å². The minimum Gasteiger partial charge on any atom is -0.441 e. The number of carbonyl (C=O) groups excluding carboxylic acids is 1. The van der Waals surface area contributed by atoms with Crippen molar-refractivity contribution in [3.8, 4) is 11.5 Å². The van der Waals surface area contributed by atoms with E-state index in [2.05, 4.69) is 25.5 Å². The van der Waals surface area contributed by atoms with Crippen LogP contribution in [0, 0.1) is 0 Å². The summed E-state index contributed by atoms with van der Waals surface area (Å²) in [5.74, 6) is 1.61. The van der Waals surface area contributed by atoms with Gasteiger partial charge < -0.3 is 9.73 Å².